The Bertz CT molecular complexity index is 1710. The lowest BCUT2D eigenvalue weighted by molar-refractivity contribution is 0.173. The first-order chi connectivity index (χ1) is 21.6. The molecule has 0 spiro atoms. The molecular weight excluding hydrogens is 550 g/mol. The van der Waals surface area contributed by atoms with Gasteiger partial charge in [-0.2, -0.15) is 0 Å². The molecule has 0 atom stereocenters. The van der Waals surface area contributed by atoms with Crippen molar-refractivity contribution in [3.8, 4) is 45.6 Å². The van der Waals surface area contributed by atoms with Crippen LogP contribution in [0.1, 0.15) is 42.1 Å². The number of benzene rings is 4. The smallest absolute Gasteiger partial charge is 0.231 e. The lowest BCUT2D eigenvalue weighted by atomic mass is 10.1. The summed E-state index contributed by atoms with van der Waals surface area (Å²) >= 11 is 0. The number of imidazole rings is 1. The van der Waals surface area contributed by atoms with Crippen LogP contribution < -0.4 is 18.9 Å². The molecule has 5 aromatic rings. The van der Waals surface area contributed by atoms with Gasteiger partial charge in [-0.25, -0.2) is 4.98 Å². The number of unbranched alkanes of at least 4 members (excludes halogenated alkanes) is 1. The maximum absolute atomic E-state index is 5.72. The van der Waals surface area contributed by atoms with Gasteiger partial charge in [0.2, 0.25) is 13.6 Å². The minimum absolute atomic E-state index is 0.262. The second-order valence-corrected chi connectivity index (χ2v) is 11.5. The van der Waals surface area contributed by atoms with Crippen LogP contribution in [-0.2, 0) is 26.2 Å². The van der Waals surface area contributed by atoms with Crippen molar-refractivity contribution in [3.63, 3.8) is 0 Å². The summed E-state index contributed by atoms with van der Waals surface area (Å²) in [7, 11) is 0. The fourth-order valence-corrected chi connectivity index (χ4v) is 6.01. The third kappa shape index (κ3) is 5.88. The largest absolute Gasteiger partial charge is 0.454 e. The van der Waals surface area contributed by atoms with Crippen molar-refractivity contribution in [1.29, 1.82) is 0 Å². The molecule has 7 nitrogen and oxygen atoms in total. The Balaban J connectivity index is 1.32. The number of nitrogens with zero attached hydrogens (tertiary/aromatic N) is 3. The molecular formula is C37H37N3O4. The van der Waals surface area contributed by atoms with Crippen LogP contribution in [0.25, 0.3) is 22.6 Å². The molecule has 7 heteroatoms. The lowest BCUT2D eigenvalue weighted by Gasteiger charge is -2.25. The Labute approximate surface area is 258 Å². The number of aryl methyl sites for hydroxylation is 1. The van der Waals surface area contributed by atoms with E-state index in [1.54, 1.807) is 0 Å². The van der Waals surface area contributed by atoms with E-state index in [0.717, 1.165) is 89.2 Å². The van der Waals surface area contributed by atoms with Crippen LogP contribution in [0, 0.1) is 6.92 Å². The number of ether oxygens (including phenoxy) is 4. The summed E-state index contributed by atoms with van der Waals surface area (Å²) in [4.78, 5) is 7.84. The predicted molar refractivity (Wildman–Crippen MR) is 171 cm³/mol. The molecule has 2 aliphatic heterocycles. The fourth-order valence-electron chi connectivity index (χ4n) is 6.01. The molecule has 4 aromatic carbocycles. The normalized spacial score (nSPS) is 13.2. The molecule has 0 N–H and O–H groups in total. The van der Waals surface area contributed by atoms with Crippen LogP contribution in [0.5, 0.6) is 23.0 Å². The van der Waals surface area contributed by atoms with Crippen LogP contribution in [0.3, 0.4) is 0 Å². The van der Waals surface area contributed by atoms with E-state index in [0.29, 0.717) is 6.54 Å². The van der Waals surface area contributed by atoms with Gasteiger partial charge < -0.3 is 23.5 Å². The number of hydrogen-bond donors (Lipinski definition) is 0. The highest BCUT2D eigenvalue weighted by atomic mass is 16.7. The van der Waals surface area contributed by atoms with Crippen LogP contribution in [-0.4, -0.2) is 28.0 Å². The second kappa shape index (κ2) is 12.5. The predicted octanol–water partition coefficient (Wildman–Crippen LogP) is 7.99. The summed E-state index contributed by atoms with van der Waals surface area (Å²) in [5.74, 6) is 4.20. The van der Waals surface area contributed by atoms with Gasteiger partial charge >= 0.3 is 0 Å². The van der Waals surface area contributed by atoms with Crippen molar-refractivity contribution in [3.05, 3.63) is 113 Å². The molecule has 0 bridgehead atoms. The molecule has 1 aromatic heterocycles. The first-order valence-electron chi connectivity index (χ1n) is 15.4. The van der Waals surface area contributed by atoms with Gasteiger partial charge in [-0.1, -0.05) is 79.6 Å². The van der Waals surface area contributed by atoms with E-state index >= 15 is 0 Å². The van der Waals surface area contributed by atoms with Gasteiger partial charge in [0.25, 0.3) is 0 Å². The van der Waals surface area contributed by atoms with E-state index in [-0.39, 0.29) is 13.6 Å². The second-order valence-electron chi connectivity index (χ2n) is 11.5. The molecule has 0 unspecified atom stereocenters. The van der Waals surface area contributed by atoms with E-state index in [9.17, 15) is 0 Å². The topological polar surface area (TPSA) is 58.0 Å². The Morgan fingerprint density at radius 1 is 0.682 bits per heavy atom. The first kappa shape index (κ1) is 28.0. The summed E-state index contributed by atoms with van der Waals surface area (Å²) in [5.41, 5.74) is 8.05. The van der Waals surface area contributed by atoms with Gasteiger partial charge in [0, 0.05) is 37.3 Å². The third-order valence-electron chi connectivity index (χ3n) is 8.19. The van der Waals surface area contributed by atoms with Gasteiger partial charge in [0.1, 0.15) is 5.82 Å². The average molecular weight is 588 g/mol. The Morgan fingerprint density at radius 3 is 1.95 bits per heavy atom. The highest BCUT2D eigenvalue weighted by Gasteiger charge is 2.24. The van der Waals surface area contributed by atoms with E-state index < -0.39 is 0 Å². The van der Waals surface area contributed by atoms with Crippen LogP contribution in [0.2, 0.25) is 0 Å². The molecule has 44 heavy (non-hydrogen) atoms. The van der Waals surface area contributed by atoms with Crippen molar-refractivity contribution in [2.75, 3.05) is 13.6 Å². The fraction of sp³-hybridized carbons (Fsp3) is 0.270. The molecule has 0 radical (unpaired) electrons. The van der Waals surface area contributed by atoms with Gasteiger partial charge in [-0.3, -0.25) is 4.90 Å². The van der Waals surface area contributed by atoms with E-state index in [1.165, 1.54) is 11.3 Å². The Kier molecular flexibility index (Phi) is 7.95. The van der Waals surface area contributed by atoms with Gasteiger partial charge in [-0.05, 0) is 54.8 Å². The van der Waals surface area contributed by atoms with Crippen molar-refractivity contribution >= 4 is 0 Å². The summed E-state index contributed by atoms with van der Waals surface area (Å²) in [6, 6.07) is 31.7. The molecule has 224 valence electrons. The van der Waals surface area contributed by atoms with Crippen LogP contribution in [0.4, 0.5) is 0 Å². The quantitative estimate of drug-likeness (QED) is 0.156. The molecule has 7 rings (SSSR count). The lowest BCUT2D eigenvalue weighted by Crippen LogP contribution is -2.24. The zero-order valence-electron chi connectivity index (χ0n) is 25.3. The Morgan fingerprint density at radius 2 is 1.32 bits per heavy atom. The van der Waals surface area contributed by atoms with Gasteiger partial charge in [0.05, 0.1) is 11.4 Å². The SMILES string of the molecule is CCCCn1c(-c2cccc(C)c2)nc(-c2ccccc2)c1CN(Cc1ccc2c(c1)OCO2)Cc1ccc2c(c1)OCO2. The van der Waals surface area contributed by atoms with Gasteiger partial charge in [-0.15, -0.1) is 0 Å². The summed E-state index contributed by atoms with van der Waals surface area (Å²) in [6.45, 7) is 7.95. The van der Waals surface area contributed by atoms with E-state index in [1.807, 2.05) is 12.1 Å². The third-order valence-corrected chi connectivity index (χ3v) is 8.19. The summed E-state index contributed by atoms with van der Waals surface area (Å²) in [6.07, 6.45) is 2.17. The average Bonchev–Trinajstić information content (AvgIpc) is 3.79. The zero-order valence-corrected chi connectivity index (χ0v) is 25.3. The molecule has 2 aliphatic rings. The maximum Gasteiger partial charge on any atom is 0.231 e. The standard InChI is InChI=1S/C37H37N3O4/c1-3-4-17-40-31(36(29-10-6-5-7-11-29)38-37(40)30-12-8-9-26(2)18-30)23-39(21-27-13-15-32-34(19-27)43-24-41-32)22-28-14-16-33-35(20-28)44-25-42-33/h5-16,18-20H,3-4,17,21-25H2,1-2H3. The van der Waals surface area contributed by atoms with Crippen LogP contribution in [0.15, 0.2) is 91.0 Å². The minimum Gasteiger partial charge on any atom is -0.454 e. The molecule has 0 saturated carbocycles. The monoisotopic (exact) mass is 587 g/mol. The molecule has 0 aliphatic carbocycles. The maximum atomic E-state index is 5.72. The highest BCUT2D eigenvalue weighted by molar-refractivity contribution is 5.68. The molecule has 0 fully saturated rings. The van der Waals surface area contributed by atoms with E-state index in [2.05, 4.69) is 102 Å². The van der Waals surface area contributed by atoms with Crippen molar-refractivity contribution in [1.82, 2.24) is 14.5 Å². The Hall–Kier alpha value is -4.75. The van der Waals surface area contributed by atoms with Crippen molar-refractivity contribution in [2.24, 2.45) is 0 Å². The van der Waals surface area contributed by atoms with Crippen molar-refractivity contribution < 1.29 is 18.9 Å². The number of hydrogen-bond acceptors (Lipinski definition) is 6. The minimum atomic E-state index is 0.262. The number of fused-ring (bicyclic) bond motifs is 2. The molecule has 0 saturated heterocycles. The highest BCUT2D eigenvalue weighted by Crippen LogP contribution is 2.36. The summed E-state index contributed by atoms with van der Waals surface area (Å²) < 4.78 is 25.1. The number of rotatable bonds is 11. The number of aromatic nitrogens is 2. The first-order valence-corrected chi connectivity index (χ1v) is 15.4. The van der Waals surface area contributed by atoms with Crippen molar-refractivity contribution in [2.45, 2.75) is 52.9 Å². The molecule has 0 amide bonds. The van der Waals surface area contributed by atoms with Crippen LogP contribution >= 0.6 is 0 Å². The summed E-state index contributed by atoms with van der Waals surface area (Å²) in [5, 5.41) is 0. The van der Waals surface area contributed by atoms with Gasteiger partial charge in [0.15, 0.2) is 23.0 Å². The van der Waals surface area contributed by atoms with E-state index in [4.69, 9.17) is 23.9 Å². The molecule has 3 heterocycles. The zero-order chi connectivity index (χ0) is 29.9.